The van der Waals surface area contributed by atoms with Gasteiger partial charge in [0.05, 0.1) is 5.56 Å². The van der Waals surface area contributed by atoms with E-state index in [4.69, 9.17) is 5.11 Å². The lowest BCUT2D eigenvalue weighted by molar-refractivity contribution is 0.0575. The molecule has 0 heterocycles. The number of carboxylic acids is 1. The van der Waals surface area contributed by atoms with Crippen LogP contribution in [0.2, 0.25) is 0 Å². The average molecular weight is 219 g/mol. The zero-order valence-electron chi connectivity index (χ0n) is 9.73. The summed E-state index contributed by atoms with van der Waals surface area (Å²) in [4.78, 5) is 13.0. The third kappa shape index (κ3) is 1.61. The van der Waals surface area contributed by atoms with Gasteiger partial charge in [0.25, 0.3) is 0 Å². The lowest BCUT2D eigenvalue weighted by Crippen LogP contribution is -2.47. The largest absolute Gasteiger partial charge is 0.478 e. The van der Waals surface area contributed by atoms with Crippen molar-refractivity contribution in [1.82, 2.24) is 4.90 Å². The summed E-state index contributed by atoms with van der Waals surface area (Å²) in [6.45, 7) is 0. The van der Waals surface area contributed by atoms with Crippen LogP contribution in [0.25, 0.3) is 0 Å². The zero-order valence-corrected chi connectivity index (χ0v) is 9.73. The van der Waals surface area contributed by atoms with E-state index in [1.165, 1.54) is 12.0 Å². The third-order valence-corrected chi connectivity index (χ3v) is 3.71. The molecule has 1 aromatic carbocycles. The molecule has 0 saturated heterocycles. The van der Waals surface area contributed by atoms with Crippen LogP contribution in [0, 0.1) is 0 Å². The SMILES string of the molecule is CN(C)C1(c2ccc(C(=O)O)cc2)CCC1. The van der Waals surface area contributed by atoms with Crippen molar-refractivity contribution >= 4 is 5.97 Å². The Bertz CT molecular complexity index is 391. The van der Waals surface area contributed by atoms with Crippen molar-refractivity contribution in [3.8, 4) is 0 Å². The fourth-order valence-corrected chi connectivity index (χ4v) is 2.43. The van der Waals surface area contributed by atoms with E-state index in [-0.39, 0.29) is 5.54 Å². The van der Waals surface area contributed by atoms with Crippen molar-refractivity contribution < 1.29 is 9.90 Å². The quantitative estimate of drug-likeness (QED) is 0.848. The van der Waals surface area contributed by atoms with Crippen LogP contribution in [-0.2, 0) is 5.54 Å². The second-order valence-corrected chi connectivity index (χ2v) is 4.66. The molecule has 86 valence electrons. The number of benzene rings is 1. The molecular formula is C13H17NO2. The van der Waals surface area contributed by atoms with Crippen molar-refractivity contribution in [3.05, 3.63) is 35.4 Å². The fraction of sp³-hybridized carbons (Fsp3) is 0.462. The van der Waals surface area contributed by atoms with Crippen LogP contribution in [-0.4, -0.2) is 30.1 Å². The highest BCUT2D eigenvalue weighted by atomic mass is 16.4. The van der Waals surface area contributed by atoms with Crippen LogP contribution >= 0.6 is 0 Å². The van der Waals surface area contributed by atoms with Crippen molar-refractivity contribution in [2.75, 3.05) is 14.1 Å². The lowest BCUT2D eigenvalue weighted by Gasteiger charge is -2.48. The molecule has 0 spiro atoms. The van der Waals surface area contributed by atoms with E-state index in [0.29, 0.717) is 5.56 Å². The Morgan fingerprint density at radius 3 is 2.12 bits per heavy atom. The molecule has 1 aromatic rings. The maximum absolute atomic E-state index is 10.8. The average Bonchev–Trinajstić information content (AvgIpc) is 2.16. The maximum atomic E-state index is 10.8. The van der Waals surface area contributed by atoms with Crippen LogP contribution in [0.15, 0.2) is 24.3 Å². The molecule has 1 aliphatic rings. The number of rotatable bonds is 3. The molecule has 1 N–H and O–H groups in total. The highest BCUT2D eigenvalue weighted by Gasteiger charge is 2.40. The summed E-state index contributed by atoms with van der Waals surface area (Å²) >= 11 is 0. The summed E-state index contributed by atoms with van der Waals surface area (Å²) in [7, 11) is 4.18. The molecule has 16 heavy (non-hydrogen) atoms. The number of aromatic carboxylic acids is 1. The summed E-state index contributed by atoms with van der Waals surface area (Å²) in [5.41, 5.74) is 1.72. The van der Waals surface area contributed by atoms with Crippen molar-refractivity contribution in [1.29, 1.82) is 0 Å². The normalized spacial score (nSPS) is 18.2. The highest BCUT2D eigenvalue weighted by molar-refractivity contribution is 5.87. The molecule has 1 aliphatic carbocycles. The van der Waals surface area contributed by atoms with Gasteiger partial charge in [-0.05, 0) is 51.1 Å². The second-order valence-electron chi connectivity index (χ2n) is 4.66. The van der Waals surface area contributed by atoms with Gasteiger partial charge in [0.1, 0.15) is 0 Å². The number of hydrogen-bond acceptors (Lipinski definition) is 2. The molecule has 0 aliphatic heterocycles. The van der Waals surface area contributed by atoms with E-state index in [1.807, 2.05) is 12.1 Å². The van der Waals surface area contributed by atoms with Crippen molar-refractivity contribution in [3.63, 3.8) is 0 Å². The summed E-state index contributed by atoms with van der Waals surface area (Å²) in [5.74, 6) is -0.862. The van der Waals surface area contributed by atoms with Gasteiger partial charge in [-0.25, -0.2) is 4.79 Å². The van der Waals surface area contributed by atoms with Gasteiger partial charge in [-0.2, -0.15) is 0 Å². The molecule has 3 nitrogen and oxygen atoms in total. The molecule has 0 unspecified atom stereocenters. The van der Waals surface area contributed by atoms with Crippen LogP contribution < -0.4 is 0 Å². The van der Waals surface area contributed by atoms with Crippen LogP contribution in [0.4, 0.5) is 0 Å². The molecule has 1 saturated carbocycles. The van der Waals surface area contributed by atoms with Gasteiger partial charge in [-0.15, -0.1) is 0 Å². The van der Waals surface area contributed by atoms with Gasteiger partial charge in [0.2, 0.25) is 0 Å². The molecule has 0 aromatic heterocycles. The fourth-order valence-electron chi connectivity index (χ4n) is 2.43. The summed E-state index contributed by atoms with van der Waals surface area (Å²) < 4.78 is 0. The smallest absolute Gasteiger partial charge is 0.335 e. The molecule has 1 fully saturated rings. The Hall–Kier alpha value is -1.35. The minimum Gasteiger partial charge on any atom is -0.478 e. The molecule has 3 heteroatoms. The van der Waals surface area contributed by atoms with Crippen molar-refractivity contribution in [2.24, 2.45) is 0 Å². The Morgan fingerprint density at radius 2 is 1.81 bits per heavy atom. The van der Waals surface area contributed by atoms with E-state index in [0.717, 1.165) is 12.8 Å². The Labute approximate surface area is 95.7 Å². The summed E-state index contributed by atoms with van der Waals surface area (Å²) in [6, 6.07) is 7.29. The lowest BCUT2D eigenvalue weighted by atomic mass is 9.71. The predicted octanol–water partition coefficient (Wildman–Crippen LogP) is 2.33. The van der Waals surface area contributed by atoms with E-state index >= 15 is 0 Å². The van der Waals surface area contributed by atoms with Gasteiger partial charge in [0, 0.05) is 5.54 Å². The van der Waals surface area contributed by atoms with Gasteiger partial charge < -0.3 is 5.11 Å². The zero-order chi connectivity index (χ0) is 11.8. The Balaban J connectivity index is 2.30. The van der Waals surface area contributed by atoms with E-state index in [1.54, 1.807) is 12.1 Å². The minimum absolute atomic E-state index is 0.136. The van der Waals surface area contributed by atoms with E-state index in [9.17, 15) is 4.79 Å². The van der Waals surface area contributed by atoms with Gasteiger partial charge in [-0.3, -0.25) is 4.90 Å². The summed E-state index contributed by atoms with van der Waals surface area (Å²) in [6.07, 6.45) is 3.57. The number of hydrogen-bond donors (Lipinski definition) is 1. The first kappa shape index (κ1) is 11.1. The molecule has 0 bridgehead atoms. The standard InChI is InChI=1S/C13H17NO2/c1-14(2)13(8-3-9-13)11-6-4-10(5-7-11)12(15)16/h4-7H,3,8-9H2,1-2H3,(H,15,16). The minimum atomic E-state index is -0.862. The van der Waals surface area contributed by atoms with Gasteiger partial charge in [-0.1, -0.05) is 12.1 Å². The molecule has 0 radical (unpaired) electrons. The maximum Gasteiger partial charge on any atom is 0.335 e. The number of nitrogens with zero attached hydrogens (tertiary/aromatic N) is 1. The Morgan fingerprint density at radius 1 is 1.25 bits per heavy atom. The summed E-state index contributed by atoms with van der Waals surface area (Å²) in [5, 5.41) is 8.85. The number of carboxylic acid groups (broad SMARTS) is 1. The molecule has 0 atom stereocenters. The molecule has 0 amide bonds. The molecule has 2 rings (SSSR count). The van der Waals surface area contributed by atoms with Crippen molar-refractivity contribution in [2.45, 2.75) is 24.8 Å². The van der Waals surface area contributed by atoms with Crippen LogP contribution in [0.3, 0.4) is 0 Å². The van der Waals surface area contributed by atoms with Gasteiger partial charge in [0.15, 0.2) is 0 Å². The first-order valence-electron chi connectivity index (χ1n) is 5.57. The van der Waals surface area contributed by atoms with Gasteiger partial charge >= 0.3 is 5.97 Å². The molecular weight excluding hydrogens is 202 g/mol. The van der Waals surface area contributed by atoms with E-state index in [2.05, 4.69) is 19.0 Å². The number of carbonyl (C=O) groups is 1. The predicted molar refractivity (Wildman–Crippen MR) is 62.6 cm³/mol. The first-order valence-corrected chi connectivity index (χ1v) is 5.57. The topological polar surface area (TPSA) is 40.5 Å². The first-order chi connectivity index (χ1) is 7.56. The van der Waals surface area contributed by atoms with E-state index < -0.39 is 5.97 Å². The third-order valence-electron chi connectivity index (χ3n) is 3.71. The monoisotopic (exact) mass is 219 g/mol. The van der Waals surface area contributed by atoms with Crippen LogP contribution in [0.5, 0.6) is 0 Å². The highest BCUT2D eigenvalue weighted by Crippen LogP contribution is 2.45. The second kappa shape index (κ2) is 3.91. The Kier molecular flexibility index (Phi) is 2.72. The van der Waals surface area contributed by atoms with Crippen LogP contribution in [0.1, 0.15) is 35.2 Å².